The van der Waals surface area contributed by atoms with Gasteiger partial charge < -0.3 is 26.6 Å². The maximum Gasteiger partial charge on any atom is 0.0947 e. The molecule has 3 rings (SSSR count). The SMILES string of the molecule is CC(C)[C@@H](NCC(C1=CC=C(N)C2CC12)C(C)(C)OCN)C(O)c1ccccc1. The Morgan fingerprint density at radius 1 is 1.17 bits per heavy atom. The van der Waals surface area contributed by atoms with Crippen LogP contribution in [-0.4, -0.2) is 30.0 Å². The third kappa shape index (κ3) is 4.92. The van der Waals surface area contributed by atoms with Crippen molar-refractivity contribution >= 4 is 0 Å². The van der Waals surface area contributed by atoms with Crippen LogP contribution < -0.4 is 16.8 Å². The van der Waals surface area contributed by atoms with Crippen molar-refractivity contribution in [3.8, 4) is 0 Å². The van der Waals surface area contributed by atoms with Crippen LogP contribution in [0.15, 0.2) is 53.8 Å². The molecule has 0 aliphatic heterocycles. The molecule has 1 aromatic rings. The van der Waals surface area contributed by atoms with Crippen LogP contribution in [0.25, 0.3) is 0 Å². The Morgan fingerprint density at radius 2 is 1.86 bits per heavy atom. The monoisotopic (exact) mass is 399 g/mol. The third-order valence-electron chi connectivity index (χ3n) is 6.57. The molecule has 160 valence electrons. The Hall–Kier alpha value is -1.66. The zero-order valence-corrected chi connectivity index (χ0v) is 18.1. The van der Waals surface area contributed by atoms with Crippen molar-refractivity contribution in [3.05, 3.63) is 59.3 Å². The lowest BCUT2D eigenvalue weighted by atomic mass is 9.79. The van der Waals surface area contributed by atoms with E-state index in [2.05, 4.69) is 39.1 Å². The normalized spacial score (nSPS) is 24.4. The van der Waals surface area contributed by atoms with Crippen LogP contribution in [0.5, 0.6) is 0 Å². The van der Waals surface area contributed by atoms with Gasteiger partial charge in [-0.1, -0.05) is 55.8 Å². The van der Waals surface area contributed by atoms with E-state index in [9.17, 15) is 5.11 Å². The minimum Gasteiger partial charge on any atom is -0.402 e. The minimum atomic E-state index is -0.570. The van der Waals surface area contributed by atoms with Gasteiger partial charge in [0.2, 0.25) is 0 Å². The van der Waals surface area contributed by atoms with E-state index in [0.29, 0.717) is 18.4 Å². The predicted octanol–water partition coefficient (Wildman–Crippen LogP) is 3.08. The predicted molar refractivity (Wildman–Crippen MR) is 118 cm³/mol. The van der Waals surface area contributed by atoms with Crippen LogP contribution in [-0.2, 0) is 4.74 Å². The summed E-state index contributed by atoms with van der Waals surface area (Å²) in [7, 11) is 0. The summed E-state index contributed by atoms with van der Waals surface area (Å²) in [4.78, 5) is 0. The first-order chi connectivity index (χ1) is 13.8. The van der Waals surface area contributed by atoms with Crippen molar-refractivity contribution in [1.29, 1.82) is 0 Å². The van der Waals surface area contributed by atoms with Crippen LogP contribution >= 0.6 is 0 Å². The molecule has 0 radical (unpaired) electrons. The molecule has 5 heteroatoms. The number of nitrogens with two attached hydrogens (primary N) is 2. The quantitative estimate of drug-likeness (QED) is 0.454. The molecule has 4 unspecified atom stereocenters. The first-order valence-corrected chi connectivity index (χ1v) is 10.7. The lowest BCUT2D eigenvalue weighted by molar-refractivity contribution is -0.0500. The summed E-state index contributed by atoms with van der Waals surface area (Å²) in [6.45, 7) is 9.38. The molecule has 0 bridgehead atoms. The lowest BCUT2D eigenvalue weighted by Gasteiger charge is -2.39. The fourth-order valence-corrected chi connectivity index (χ4v) is 4.65. The average molecular weight is 400 g/mol. The summed E-state index contributed by atoms with van der Waals surface area (Å²) >= 11 is 0. The second-order valence-corrected chi connectivity index (χ2v) is 9.28. The van der Waals surface area contributed by atoms with E-state index in [1.165, 1.54) is 5.57 Å². The number of benzene rings is 1. The number of fused-ring (bicyclic) bond motifs is 1. The molecular weight excluding hydrogens is 362 g/mol. The van der Waals surface area contributed by atoms with Crippen molar-refractivity contribution in [2.24, 2.45) is 35.1 Å². The van der Waals surface area contributed by atoms with Crippen LogP contribution in [0.2, 0.25) is 0 Å². The standard InChI is InChI=1S/C24H37N3O2/c1-15(2)22(23(28)16-8-6-5-7-9-16)27-13-20(24(3,4)29-14-25)17-10-11-21(26)19-12-18(17)19/h5-11,15,18-20,22-23,27-28H,12-14,25-26H2,1-4H3/t18?,19?,20?,22-,23?/m1/s1. The second-order valence-electron chi connectivity index (χ2n) is 9.28. The average Bonchev–Trinajstić information content (AvgIpc) is 3.48. The van der Waals surface area contributed by atoms with Gasteiger partial charge in [-0.15, -0.1) is 0 Å². The van der Waals surface area contributed by atoms with E-state index in [4.69, 9.17) is 16.2 Å². The summed E-state index contributed by atoms with van der Waals surface area (Å²) in [5, 5.41) is 14.7. The minimum absolute atomic E-state index is 0.0617. The number of aliphatic hydroxyl groups excluding tert-OH is 1. The van der Waals surface area contributed by atoms with E-state index < -0.39 is 11.7 Å². The van der Waals surface area contributed by atoms with E-state index in [1.807, 2.05) is 36.4 Å². The van der Waals surface area contributed by atoms with E-state index >= 15 is 0 Å². The van der Waals surface area contributed by atoms with Crippen molar-refractivity contribution in [2.45, 2.75) is 51.9 Å². The van der Waals surface area contributed by atoms with Gasteiger partial charge in [0.25, 0.3) is 0 Å². The van der Waals surface area contributed by atoms with Crippen molar-refractivity contribution in [2.75, 3.05) is 13.3 Å². The smallest absolute Gasteiger partial charge is 0.0947 e. The van der Waals surface area contributed by atoms with Crippen LogP contribution in [0, 0.1) is 23.7 Å². The Morgan fingerprint density at radius 3 is 2.48 bits per heavy atom. The van der Waals surface area contributed by atoms with Gasteiger partial charge >= 0.3 is 0 Å². The third-order valence-corrected chi connectivity index (χ3v) is 6.57. The zero-order chi connectivity index (χ0) is 21.2. The maximum atomic E-state index is 11.0. The summed E-state index contributed by atoms with van der Waals surface area (Å²) in [5.74, 6) is 1.40. The second kappa shape index (κ2) is 9.00. The molecule has 6 N–H and O–H groups in total. The van der Waals surface area contributed by atoms with Crippen LogP contribution in [0.4, 0.5) is 0 Å². The number of nitrogens with one attached hydrogen (secondary N) is 1. The number of aliphatic hydroxyl groups is 1. The molecule has 2 aliphatic carbocycles. The topological polar surface area (TPSA) is 93.5 Å². The maximum absolute atomic E-state index is 11.0. The summed E-state index contributed by atoms with van der Waals surface area (Å²) in [6.07, 6.45) is 4.77. The van der Waals surface area contributed by atoms with E-state index in [1.54, 1.807) is 0 Å². The van der Waals surface area contributed by atoms with Gasteiger partial charge in [0.05, 0.1) is 18.4 Å². The molecule has 1 saturated carbocycles. The number of rotatable bonds is 10. The molecule has 2 aliphatic rings. The molecule has 0 spiro atoms. The summed E-state index contributed by atoms with van der Waals surface area (Å²) in [6, 6.07) is 9.80. The Bertz CT molecular complexity index is 742. The highest BCUT2D eigenvalue weighted by Crippen LogP contribution is 2.53. The Labute approximate surface area is 175 Å². The van der Waals surface area contributed by atoms with Gasteiger partial charge in [-0.2, -0.15) is 0 Å². The molecule has 0 aromatic heterocycles. The van der Waals surface area contributed by atoms with Crippen molar-refractivity contribution in [3.63, 3.8) is 0 Å². The van der Waals surface area contributed by atoms with Gasteiger partial charge in [0.15, 0.2) is 0 Å². The molecule has 1 fully saturated rings. The fourth-order valence-electron chi connectivity index (χ4n) is 4.65. The van der Waals surface area contributed by atoms with Gasteiger partial charge in [-0.25, -0.2) is 0 Å². The molecule has 5 atom stereocenters. The van der Waals surface area contributed by atoms with Gasteiger partial charge in [0.1, 0.15) is 0 Å². The van der Waals surface area contributed by atoms with Crippen molar-refractivity contribution in [1.82, 2.24) is 5.32 Å². The molecule has 5 nitrogen and oxygen atoms in total. The van der Waals surface area contributed by atoms with Crippen molar-refractivity contribution < 1.29 is 9.84 Å². The van der Waals surface area contributed by atoms with Gasteiger partial charge in [0, 0.05) is 30.1 Å². The molecule has 0 amide bonds. The first kappa shape index (κ1) is 22.0. The Kier molecular flexibility index (Phi) is 6.84. The number of ether oxygens (including phenoxy) is 1. The van der Waals surface area contributed by atoms with Crippen LogP contribution in [0.3, 0.4) is 0 Å². The van der Waals surface area contributed by atoms with E-state index in [0.717, 1.165) is 17.7 Å². The summed E-state index contributed by atoms with van der Waals surface area (Å²) in [5.41, 5.74) is 14.8. The summed E-state index contributed by atoms with van der Waals surface area (Å²) < 4.78 is 5.96. The number of allylic oxidation sites excluding steroid dienone is 3. The van der Waals surface area contributed by atoms with Gasteiger partial charge in [-0.05, 0) is 43.7 Å². The molecule has 29 heavy (non-hydrogen) atoms. The number of hydrogen-bond donors (Lipinski definition) is 4. The first-order valence-electron chi connectivity index (χ1n) is 10.7. The van der Waals surface area contributed by atoms with E-state index in [-0.39, 0.29) is 24.6 Å². The van der Waals surface area contributed by atoms with Crippen LogP contribution in [0.1, 0.15) is 45.8 Å². The lowest BCUT2D eigenvalue weighted by Crippen LogP contribution is -2.48. The highest BCUT2D eigenvalue weighted by molar-refractivity contribution is 5.37. The largest absolute Gasteiger partial charge is 0.402 e. The molecule has 0 heterocycles. The molecule has 1 aromatic carbocycles. The molecular formula is C24H37N3O2. The number of hydrogen-bond acceptors (Lipinski definition) is 5. The molecule has 0 saturated heterocycles. The van der Waals surface area contributed by atoms with Gasteiger partial charge in [-0.3, -0.25) is 0 Å². The Balaban J connectivity index is 1.80. The highest BCUT2D eigenvalue weighted by atomic mass is 16.5. The highest BCUT2D eigenvalue weighted by Gasteiger charge is 2.48. The zero-order valence-electron chi connectivity index (χ0n) is 18.1. The fraction of sp³-hybridized carbons (Fsp3) is 0.583.